The van der Waals surface area contributed by atoms with Gasteiger partial charge in [-0.15, -0.1) is 0 Å². The lowest BCUT2D eigenvalue weighted by Gasteiger charge is -2.36. The fourth-order valence-corrected chi connectivity index (χ4v) is 4.35. The van der Waals surface area contributed by atoms with Gasteiger partial charge in [-0.2, -0.15) is 5.10 Å². The van der Waals surface area contributed by atoms with E-state index in [-0.39, 0.29) is 11.9 Å². The molecule has 1 atom stereocenters. The van der Waals surface area contributed by atoms with Crippen LogP contribution in [0, 0.1) is 6.92 Å². The molecule has 1 aliphatic heterocycles. The van der Waals surface area contributed by atoms with Crippen LogP contribution in [0.2, 0.25) is 5.02 Å². The van der Waals surface area contributed by atoms with E-state index in [0.29, 0.717) is 23.1 Å². The summed E-state index contributed by atoms with van der Waals surface area (Å²) in [6, 6.07) is 7.55. The molecule has 0 unspecified atom stereocenters. The van der Waals surface area contributed by atoms with Crippen LogP contribution >= 0.6 is 11.6 Å². The van der Waals surface area contributed by atoms with Gasteiger partial charge in [0.2, 0.25) is 5.95 Å². The largest absolute Gasteiger partial charge is 0.347 e. The van der Waals surface area contributed by atoms with Crippen molar-refractivity contribution in [2.45, 2.75) is 32.2 Å². The summed E-state index contributed by atoms with van der Waals surface area (Å²) in [4.78, 5) is 26.8. The summed E-state index contributed by atoms with van der Waals surface area (Å²) in [5, 5.41) is 5.01. The number of halogens is 1. The molecule has 1 saturated heterocycles. The fourth-order valence-electron chi connectivity index (χ4n) is 4.16. The van der Waals surface area contributed by atoms with E-state index in [9.17, 15) is 4.79 Å². The first-order chi connectivity index (χ1) is 14.8. The highest BCUT2D eigenvalue weighted by molar-refractivity contribution is 6.30. The second-order valence-electron chi connectivity index (χ2n) is 8.19. The molecule has 3 heterocycles. The monoisotopic (exact) mass is 438 g/mol. The topological polar surface area (TPSA) is 67.2 Å². The molecule has 3 aromatic rings. The van der Waals surface area contributed by atoms with Gasteiger partial charge in [-0.25, -0.2) is 9.97 Å². The lowest BCUT2D eigenvalue weighted by molar-refractivity contribution is 0.0606. The first-order valence-corrected chi connectivity index (χ1v) is 10.8. The number of carbonyl (C=O) groups is 1. The maximum absolute atomic E-state index is 13.5. The second-order valence-corrected chi connectivity index (χ2v) is 8.62. The van der Waals surface area contributed by atoms with Crippen LogP contribution in [0.1, 0.15) is 47.1 Å². The zero-order valence-corrected chi connectivity index (χ0v) is 19.1. The van der Waals surface area contributed by atoms with Crippen LogP contribution < -0.4 is 4.90 Å². The van der Waals surface area contributed by atoms with Crippen LogP contribution in [-0.4, -0.2) is 51.2 Å². The number of rotatable bonds is 4. The summed E-state index contributed by atoms with van der Waals surface area (Å²) in [6.07, 6.45) is 6.50. The molecule has 1 aliphatic rings. The van der Waals surface area contributed by atoms with Crippen LogP contribution in [0.15, 0.2) is 36.7 Å². The summed E-state index contributed by atoms with van der Waals surface area (Å²) in [7, 11) is 5.67. The quantitative estimate of drug-likeness (QED) is 0.608. The minimum absolute atomic E-state index is 0.00245. The van der Waals surface area contributed by atoms with Crippen LogP contribution in [0.3, 0.4) is 0 Å². The second kappa shape index (κ2) is 8.67. The van der Waals surface area contributed by atoms with Crippen LogP contribution in [0.4, 0.5) is 5.95 Å². The minimum Gasteiger partial charge on any atom is -0.347 e. The standard InChI is InChI=1S/C23H27ClN6O/c1-15-19(14-29(4)27-15)22(31)30-11-6-5-10-20(30)21-18(13-25-23(26-21)28(2)3)16-8-7-9-17(24)12-16/h7-9,12-14,20H,5-6,10-11H2,1-4H3/t20-/m0/s1. The third-order valence-electron chi connectivity index (χ3n) is 5.66. The van der Waals surface area contributed by atoms with E-state index in [1.165, 1.54) is 0 Å². The number of aryl methyl sites for hydroxylation is 2. The van der Waals surface area contributed by atoms with Gasteiger partial charge in [0.1, 0.15) is 0 Å². The Labute approximate surface area is 187 Å². The van der Waals surface area contributed by atoms with Crippen molar-refractivity contribution < 1.29 is 4.79 Å². The SMILES string of the molecule is Cc1nn(C)cc1C(=O)N1CCCC[C@H]1c1nc(N(C)C)ncc1-c1cccc(Cl)c1. The molecule has 0 N–H and O–H groups in total. The van der Waals surface area contributed by atoms with Crippen LogP contribution in [0.5, 0.6) is 0 Å². The number of carbonyl (C=O) groups excluding carboxylic acids is 1. The normalized spacial score (nSPS) is 16.4. The Hall–Kier alpha value is -2.93. The Morgan fingerprint density at radius 3 is 2.74 bits per heavy atom. The lowest BCUT2D eigenvalue weighted by Crippen LogP contribution is -2.39. The van der Waals surface area contributed by atoms with Crippen molar-refractivity contribution in [1.82, 2.24) is 24.6 Å². The number of piperidine rings is 1. The first-order valence-electron chi connectivity index (χ1n) is 10.5. The average Bonchev–Trinajstić information content (AvgIpc) is 3.10. The molecule has 7 nitrogen and oxygen atoms in total. The van der Waals surface area contributed by atoms with Crippen molar-refractivity contribution in [1.29, 1.82) is 0 Å². The number of hydrogen-bond donors (Lipinski definition) is 0. The smallest absolute Gasteiger partial charge is 0.257 e. The van der Waals surface area contributed by atoms with Gasteiger partial charge in [0, 0.05) is 50.7 Å². The van der Waals surface area contributed by atoms with Gasteiger partial charge in [-0.1, -0.05) is 23.7 Å². The highest BCUT2D eigenvalue weighted by atomic mass is 35.5. The third kappa shape index (κ3) is 4.28. The van der Waals surface area contributed by atoms with E-state index in [1.807, 2.05) is 68.3 Å². The number of hydrogen-bond acceptors (Lipinski definition) is 5. The zero-order chi connectivity index (χ0) is 22.1. The molecule has 162 valence electrons. The first kappa shape index (κ1) is 21.3. The molecule has 8 heteroatoms. The van der Waals surface area contributed by atoms with E-state index in [0.717, 1.165) is 41.8 Å². The van der Waals surface area contributed by atoms with E-state index in [1.54, 1.807) is 10.9 Å². The molecule has 0 bridgehead atoms. The van der Waals surface area contributed by atoms with E-state index in [2.05, 4.69) is 10.1 Å². The zero-order valence-electron chi connectivity index (χ0n) is 18.3. The van der Waals surface area contributed by atoms with E-state index < -0.39 is 0 Å². The summed E-state index contributed by atoms with van der Waals surface area (Å²) in [6.45, 7) is 2.56. The van der Waals surface area contributed by atoms with Gasteiger partial charge >= 0.3 is 0 Å². The molecular weight excluding hydrogens is 412 g/mol. The molecule has 0 aliphatic carbocycles. The third-order valence-corrected chi connectivity index (χ3v) is 5.90. The molecule has 0 saturated carbocycles. The van der Waals surface area contributed by atoms with E-state index >= 15 is 0 Å². The Kier molecular flexibility index (Phi) is 5.96. The van der Waals surface area contributed by atoms with Crippen molar-refractivity contribution in [2.75, 3.05) is 25.5 Å². The Balaban J connectivity index is 1.82. The number of aromatic nitrogens is 4. The predicted octanol–water partition coefficient (Wildman–Crippen LogP) is 4.27. The molecule has 0 spiro atoms. The molecule has 1 aromatic carbocycles. The molecule has 2 aromatic heterocycles. The van der Waals surface area contributed by atoms with Crippen molar-refractivity contribution in [3.05, 3.63) is 58.6 Å². The van der Waals surface area contributed by atoms with Gasteiger partial charge in [0.05, 0.1) is 23.0 Å². The number of nitrogens with zero attached hydrogens (tertiary/aromatic N) is 6. The molecule has 31 heavy (non-hydrogen) atoms. The molecule has 1 amide bonds. The lowest BCUT2D eigenvalue weighted by atomic mass is 9.93. The highest BCUT2D eigenvalue weighted by Crippen LogP contribution is 2.37. The summed E-state index contributed by atoms with van der Waals surface area (Å²) < 4.78 is 1.69. The van der Waals surface area contributed by atoms with Crippen LogP contribution in [0.25, 0.3) is 11.1 Å². The Bertz CT molecular complexity index is 1110. The molecular formula is C23H27ClN6O. The van der Waals surface area contributed by atoms with Gasteiger partial charge < -0.3 is 9.80 Å². The van der Waals surface area contributed by atoms with Crippen molar-refractivity contribution in [3.8, 4) is 11.1 Å². The number of likely N-dealkylation sites (tertiary alicyclic amines) is 1. The summed E-state index contributed by atoms with van der Waals surface area (Å²) in [5.41, 5.74) is 4.09. The van der Waals surface area contributed by atoms with Gasteiger partial charge in [-0.3, -0.25) is 9.48 Å². The maximum atomic E-state index is 13.5. The van der Waals surface area contributed by atoms with Crippen molar-refractivity contribution in [3.63, 3.8) is 0 Å². The van der Waals surface area contributed by atoms with Crippen molar-refractivity contribution >= 4 is 23.5 Å². The predicted molar refractivity (Wildman–Crippen MR) is 122 cm³/mol. The van der Waals surface area contributed by atoms with Crippen LogP contribution in [-0.2, 0) is 7.05 Å². The molecule has 4 rings (SSSR count). The van der Waals surface area contributed by atoms with Gasteiger partial charge in [0.15, 0.2) is 0 Å². The van der Waals surface area contributed by atoms with E-state index in [4.69, 9.17) is 16.6 Å². The minimum atomic E-state index is -0.142. The molecule has 0 radical (unpaired) electrons. The maximum Gasteiger partial charge on any atom is 0.257 e. The van der Waals surface area contributed by atoms with Crippen molar-refractivity contribution in [2.24, 2.45) is 7.05 Å². The Morgan fingerprint density at radius 1 is 1.26 bits per heavy atom. The average molecular weight is 439 g/mol. The van der Waals surface area contributed by atoms with Gasteiger partial charge in [-0.05, 0) is 43.9 Å². The Morgan fingerprint density at radius 2 is 2.06 bits per heavy atom. The summed E-state index contributed by atoms with van der Waals surface area (Å²) in [5.74, 6) is 0.619. The van der Waals surface area contributed by atoms with Gasteiger partial charge in [0.25, 0.3) is 5.91 Å². The molecule has 1 fully saturated rings. The number of anilines is 1. The number of amides is 1. The number of benzene rings is 1. The highest BCUT2D eigenvalue weighted by Gasteiger charge is 2.33. The fraction of sp³-hybridized carbons (Fsp3) is 0.391. The summed E-state index contributed by atoms with van der Waals surface area (Å²) >= 11 is 6.27.